The van der Waals surface area contributed by atoms with E-state index in [2.05, 4.69) is 40.7 Å². The summed E-state index contributed by atoms with van der Waals surface area (Å²) in [5.41, 5.74) is -2.75. The Morgan fingerprint density at radius 1 is 0.467 bits per heavy atom. The molecular weight excluding hydrogens is 1400 g/mol. The molecule has 604 valence electrons. The number of carbonyl (C=O) groups excluding carboxylic acids is 1. The molecular formula is C70H114O35. The van der Waals surface area contributed by atoms with Crippen molar-refractivity contribution in [2.75, 3.05) is 33.0 Å². The molecule has 0 radical (unpaired) electrons. The van der Waals surface area contributed by atoms with Crippen molar-refractivity contribution in [1.29, 1.82) is 0 Å². The molecule has 42 atom stereocenters. The Morgan fingerprint density at radius 3 is 1.69 bits per heavy atom. The first-order valence-electron chi connectivity index (χ1n) is 37.0. The van der Waals surface area contributed by atoms with Crippen LogP contribution < -0.4 is 0 Å². The highest BCUT2D eigenvalue weighted by molar-refractivity contribution is 5.79. The summed E-state index contributed by atoms with van der Waals surface area (Å²) < 4.78 is 83.0. The third-order valence-electron chi connectivity index (χ3n) is 27.1. The Hall–Kier alpha value is -2.11. The maximum Gasteiger partial charge on any atom is 0.315 e. The van der Waals surface area contributed by atoms with Crippen LogP contribution in [0.5, 0.6) is 0 Å². The Labute approximate surface area is 607 Å². The van der Waals surface area contributed by atoms with Gasteiger partial charge < -0.3 is 168 Å². The van der Waals surface area contributed by atoms with Gasteiger partial charge >= 0.3 is 5.97 Å². The van der Waals surface area contributed by atoms with Gasteiger partial charge in [0.05, 0.1) is 62.9 Å². The molecule has 0 aromatic rings. The van der Waals surface area contributed by atoms with E-state index in [-0.39, 0.29) is 42.1 Å². The molecule has 7 aliphatic heterocycles. The summed E-state index contributed by atoms with van der Waals surface area (Å²) in [4.78, 5) is 15.4. The summed E-state index contributed by atoms with van der Waals surface area (Å²) in [6, 6.07) is 0. The van der Waals surface area contributed by atoms with Crippen molar-refractivity contribution in [3.63, 3.8) is 0 Å². The number of allylic oxidation sites excluding steroid dienone is 2. The maximum atomic E-state index is 15.4. The molecule has 7 heterocycles. The molecule has 0 amide bonds. The molecule has 7 saturated heterocycles. The number of carbonyl (C=O) groups is 1. The first kappa shape index (κ1) is 82.4. The van der Waals surface area contributed by atoms with Crippen molar-refractivity contribution in [1.82, 2.24) is 0 Å². The number of fused-ring (bicyclic) bond motifs is 7. The molecule has 4 saturated carbocycles. The molecule has 11 fully saturated rings. The lowest BCUT2D eigenvalue weighted by molar-refractivity contribution is -0.382. The number of aliphatic hydroxyl groups excluding tert-OH is 20. The zero-order valence-electron chi connectivity index (χ0n) is 60.5. The topological polar surface area (TPSA) is 551 Å². The van der Waals surface area contributed by atoms with Gasteiger partial charge in [-0.05, 0) is 116 Å². The van der Waals surface area contributed by atoms with Crippen molar-refractivity contribution in [2.24, 2.45) is 50.2 Å². The van der Waals surface area contributed by atoms with Gasteiger partial charge in [-0.2, -0.15) is 0 Å². The van der Waals surface area contributed by atoms with Gasteiger partial charge in [0.15, 0.2) is 37.7 Å². The van der Waals surface area contributed by atoms with E-state index >= 15 is 4.79 Å². The van der Waals surface area contributed by atoms with Crippen molar-refractivity contribution in [3.05, 3.63) is 11.6 Å². The van der Waals surface area contributed by atoms with Crippen LogP contribution in [0.3, 0.4) is 0 Å². The molecule has 0 aromatic carbocycles. The van der Waals surface area contributed by atoms with E-state index in [1.807, 2.05) is 13.8 Å². The Bertz CT molecular complexity index is 2990. The van der Waals surface area contributed by atoms with Gasteiger partial charge in [-0.1, -0.05) is 60.1 Å². The lowest BCUT2D eigenvalue weighted by atomic mass is 9.33. The number of esters is 1. The van der Waals surface area contributed by atoms with Gasteiger partial charge in [-0.3, -0.25) is 4.79 Å². The van der Waals surface area contributed by atoms with E-state index in [4.69, 9.17) is 66.3 Å². The van der Waals surface area contributed by atoms with Gasteiger partial charge in [-0.15, -0.1) is 0 Å². The predicted octanol–water partition coefficient (Wildman–Crippen LogP) is -6.26. The normalized spacial score (nSPS) is 55.0. The van der Waals surface area contributed by atoms with E-state index < -0.39 is 275 Å². The molecule has 0 bridgehead atoms. The summed E-state index contributed by atoms with van der Waals surface area (Å²) in [5.74, 6) is -1.15. The zero-order valence-corrected chi connectivity index (χ0v) is 60.5. The third kappa shape index (κ3) is 14.4. The van der Waals surface area contributed by atoms with Crippen LogP contribution in [-0.2, 0) is 71.1 Å². The van der Waals surface area contributed by atoms with Gasteiger partial charge in [0, 0.05) is 0 Å². The van der Waals surface area contributed by atoms with Gasteiger partial charge in [0.1, 0.15) is 146 Å². The van der Waals surface area contributed by atoms with Gasteiger partial charge in [0.2, 0.25) is 6.29 Å². The summed E-state index contributed by atoms with van der Waals surface area (Å²) in [6.45, 7) is 14.8. The number of ether oxygens (including phenoxy) is 14. The zero-order chi connectivity index (χ0) is 76.6. The molecule has 0 unspecified atom stereocenters. The van der Waals surface area contributed by atoms with Crippen LogP contribution in [0.15, 0.2) is 11.6 Å². The molecule has 0 aromatic heterocycles. The SMILES string of the molecule is C[C@@H]1O[C@@H](O[C@H]2[C@H](O)[C@@H](O)[C@H](OC[C@H]3O[C@@H](OC(=O)[C@@]45CC[C@]6(C)C(=CC[C@@H]7[C@@]8(C)CC[C@H](O[C@@H]9OC[C@H](O)[C@H](O)[C@H]9O[C@@H]9O[C@@H](C)[C@H](O)[C@@H](O[C@@H]%10OC[C@@H](O[C@@H]%11O[C@H](CO)[C@@H](O)[C@H](O)[C@H]%11O)[C@@H](O)[C@H]%10O)[C@H]9O)C(C)(C)[C@@H]8CC[C@]76C)[C@@H]4CC(C)(C)[C@H](O)C5)[C@H](O)[C@@H](O)[C@@H]3O)O[C@@H]2CO)[C@H](O)[C@H](O)[C@H]1O. The average Bonchev–Trinajstić information content (AvgIpc) is 0.673. The second-order valence-corrected chi connectivity index (χ2v) is 33.8. The summed E-state index contributed by atoms with van der Waals surface area (Å²) in [7, 11) is 0. The lowest BCUT2D eigenvalue weighted by Gasteiger charge is -2.71. The number of aliphatic hydroxyl groups is 20. The molecule has 35 heteroatoms. The molecule has 35 nitrogen and oxygen atoms in total. The molecule has 105 heavy (non-hydrogen) atoms. The smallest absolute Gasteiger partial charge is 0.315 e. The maximum absolute atomic E-state index is 15.4. The van der Waals surface area contributed by atoms with E-state index in [1.54, 1.807) is 0 Å². The van der Waals surface area contributed by atoms with E-state index in [1.165, 1.54) is 13.8 Å². The van der Waals surface area contributed by atoms with Gasteiger partial charge in [-0.25, -0.2) is 0 Å². The second kappa shape index (κ2) is 31.0. The van der Waals surface area contributed by atoms with Crippen LogP contribution in [0.25, 0.3) is 0 Å². The fraction of sp³-hybridized carbons (Fsp3) is 0.957. The molecule has 0 spiro atoms. The molecule has 12 rings (SSSR count). The highest BCUT2D eigenvalue weighted by Crippen LogP contribution is 2.76. The van der Waals surface area contributed by atoms with Crippen molar-refractivity contribution in [3.8, 4) is 0 Å². The number of hydrogen-bond donors (Lipinski definition) is 20. The van der Waals surface area contributed by atoms with Crippen LogP contribution in [-0.4, -0.2) is 356 Å². The summed E-state index contributed by atoms with van der Waals surface area (Å²) in [6.07, 6.45) is -49.6. The largest absolute Gasteiger partial charge is 0.432 e. The van der Waals surface area contributed by atoms with Crippen LogP contribution >= 0.6 is 0 Å². The van der Waals surface area contributed by atoms with Crippen LogP contribution in [0.1, 0.15) is 120 Å². The summed E-state index contributed by atoms with van der Waals surface area (Å²) >= 11 is 0. The van der Waals surface area contributed by atoms with Crippen molar-refractivity contribution in [2.45, 2.75) is 335 Å². The minimum Gasteiger partial charge on any atom is -0.432 e. The van der Waals surface area contributed by atoms with Crippen LogP contribution in [0, 0.1) is 50.2 Å². The van der Waals surface area contributed by atoms with E-state index in [0.29, 0.717) is 32.1 Å². The average molecular weight is 1520 g/mol. The Kier molecular flexibility index (Phi) is 24.3. The minimum absolute atomic E-state index is 0.0127. The first-order valence-corrected chi connectivity index (χ1v) is 37.0. The number of rotatable bonds is 17. The Morgan fingerprint density at radius 2 is 1.02 bits per heavy atom. The fourth-order valence-electron chi connectivity index (χ4n) is 20.2. The monoisotopic (exact) mass is 1510 g/mol. The highest BCUT2D eigenvalue weighted by atomic mass is 16.8. The van der Waals surface area contributed by atoms with E-state index in [9.17, 15) is 102 Å². The molecule has 20 N–H and O–H groups in total. The third-order valence-corrected chi connectivity index (χ3v) is 27.1. The van der Waals surface area contributed by atoms with Crippen molar-refractivity contribution >= 4 is 5.97 Å². The quantitative estimate of drug-likeness (QED) is 0.0366. The standard InChI is InChI=1S/C70H114O35/c1-25-38(75)44(81)49(86)59(95-25)102-54-31(21-72)98-57(52(89)47(54)84)93-23-32-42(79)46(83)51(88)61(100-32)105-64(91)70-17-16-68(8)27(28(70)18-65(3,4)36(74)19-70)10-11-35-67(7)14-13-37(66(5,6)34(67)12-15-69(35,68)9)101-63-56(40(77)29(73)22-92-63)104-62-53(90)55(39(76)26(2)96-62)103-58-48(85)43(80)33(24-94-58)99-60-50(87)45(82)41(78)30(20-71)97-60/h10,25-26,28-63,71-90H,11-24H2,1-9H3/t25-,26-,28-,29-,30+,31+,32+,33+,34-,35+,36+,37-,38-,39-,40-,41+,42+,43+,44+,45-,46-,47+,48+,49+,50+,51+,52+,53+,54+,55+,56+,57+,58-,59-,60-,61-,62-,63-,67-,68+,69+,70+/m0/s1. The van der Waals surface area contributed by atoms with Crippen LogP contribution in [0.4, 0.5) is 0 Å². The number of hydrogen-bond acceptors (Lipinski definition) is 35. The summed E-state index contributed by atoms with van der Waals surface area (Å²) in [5, 5.41) is 219. The highest BCUT2D eigenvalue weighted by Gasteiger charge is 2.71. The minimum atomic E-state index is -1.99. The van der Waals surface area contributed by atoms with Crippen LogP contribution in [0.2, 0.25) is 0 Å². The Balaban J connectivity index is 0.703. The molecule has 5 aliphatic carbocycles. The molecule has 12 aliphatic rings. The second-order valence-electron chi connectivity index (χ2n) is 33.8. The predicted molar refractivity (Wildman–Crippen MR) is 347 cm³/mol. The first-order chi connectivity index (χ1) is 49.2. The van der Waals surface area contributed by atoms with E-state index in [0.717, 1.165) is 18.4 Å². The van der Waals surface area contributed by atoms with Crippen molar-refractivity contribution < 1.29 is 173 Å². The van der Waals surface area contributed by atoms with Gasteiger partial charge in [0.25, 0.3) is 0 Å². The fourth-order valence-corrected chi connectivity index (χ4v) is 20.2. The lowest BCUT2D eigenvalue weighted by Crippen LogP contribution is -2.67.